The third-order valence-corrected chi connectivity index (χ3v) is 3.30. The third-order valence-electron chi connectivity index (χ3n) is 3.30. The van der Waals surface area contributed by atoms with Crippen LogP contribution in [-0.2, 0) is 6.42 Å². The lowest BCUT2D eigenvalue weighted by molar-refractivity contribution is 0.573. The van der Waals surface area contributed by atoms with Crippen molar-refractivity contribution in [2.45, 2.75) is 26.3 Å². The molecule has 3 heteroatoms. The Balaban J connectivity index is 2.18. The van der Waals surface area contributed by atoms with E-state index >= 15 is 0 Å². The SMILES string of the molecule is CNC(Cc1ccc(C)c(C)c1)c1cnccn1. The molecule has 0 amide bonds. The summed E-state index contributed by atoms with van der Waals surface area (Å²) in [6, 6.07) is 6.81. The predicted octanol–water partition coefficient (Wildman–Crippen LogP) is 2.60. The van der Waals surface area contributed by atoms with Gasteiger partial charge in [-0.3, -0.25) is 9.97 Å². The molecule has 1 atom stereocenters. The average molecular weight is 241 g/mol. The van der Waals surface area contributed by atoms with Crippen molar-refractivity contribution in [2.75, 3.05) is 7.05 Å². The molecule has 94 valence electrons. The van der Waals surface area contributed by atoms with Crippen LogP contribution in [0.3, 0.4) is 0 Å². The van der Waals surface area contributed by atoms with Crippen LogP contribution in [-0.4, -0.2) is 17.0 Å². The van der Waals surface area contributed by atoms with E-state index in [1.807, 2.05) is 13.2 Å². The van der Waals surface area contributed by atoms with Gasteiger partial charge >= 0.3 is 0 Å². The molecular formula is C15H19N3. The number of aryl methyl sites for hydroxylation is 2. The number of aromatic nitrogens is 2. The highest BCUT2D eigenvalue weighted by Crippen LogP contribution is 2.17. The van der Waals surface area contributed by atoms with Gasteiger partial charge in [0.2, 0.25) is 0 Å². The molecule has 0 bridgehead atoms. The van der Waals surface area contributed by atoms with Crippen LogP contribution < -0.4 is 5.32 Å². The zero-order valence-electron chi connectivity index (χ0n) is 11.1. The maximum Gasteiger partial charge on any atom is 0.0759 e. The van der Waals surface area contributed by atoms with Gasteiger partial charge in [-0.15, -0.1) is 0 Å². The smallest absolute Gasteiger partial charge is 0.0759 e. The van der Waals surface area contributed by atoms with Crippen LogP contribution >= 0.6 is 0 Å². The molecule has 0 spiro atoms. The second-order valence-corrected chi connectivity index (χ2v) is 4.59. The monoisotopic (exact) mass is 241 g/mol. The number of hydrogen-bond donors (Lipinski definition) is 1. The summed E-state index contributed by atoms with van der Waals surface area (Å²) in [5.74, 6) is 0. The summed E-state index contributed by atoms with van der Waals surface area (Å²) in [7, 11) is 1.96. The molecule has 1 aromatic carbocycles. The van der Waals surface area contributed by atoms with Gasteiger partial charge in [0.25, 0.3) is 0 Å². The van der Waals surface area contributed by atoms with E-state index in [0.29, 0.717) is 0 Å². The number of nitrogens with one attached hydrogen (secondary N) is 1. The Kier molecular flexibility index (Phi) is 4.05. The molecule has 2 rings (SSSR count). The topological polar surface area (TPSA) is 37.8 Å². The van der Waals surface area contributed by atoms with Crippen LogP contribution in [0, 0.1) is 13.8 Å². The Morgan fingerprint density at radius 1 is 1.17 bits per heavy atom. The maximum atomic E-state index is 4.36. The van der Waals surface area contributed by atoms with Crippen molar-refractivity contribution < 1.29 is 0 Å². The van der Waals surface area contributed by atoms with Crippen molar-refractivity contribution in [3.63, 3.8) is 0 Å². The van der Waals surface area contributed by atoms with Crippen molar-refractivity contribution >= 4 is 0 Å². The molecular weight excluding hydrogens is 222 g/mol. The first-order valence-corrected chi connectivity index (χ1v) is 6.20. The zero-order valence-corrected chi connectivity index (χ0v) is 11.1. The Labute approximate surface area is 108 Å². The van der Waals surface area contributed by atoms with E-state index in [9.17, 15) is 0 Å². The van der Waals surface area contributed by atoms with Crippen LogP contribution in [0.4, 0.5) is 0 Å². The summed E-state index contributed by atoms with van der Waals surface area (Å²) >= 11 is 0. The number of likely N-dealkylation sites (N-methyl/N-ethyl adjacent to an activating group) is 1. The molecule has 0 fully saturated rings. The quantitative estimate of drug-likeness (QED) is 0.894. The van der Waals surface area contributed by atoms with Gasteiger partial charge in [-0.25, -0.2) is 0 Å². The number of rotatable bonds is 4. The van der Waals surface area contributed by atoms with E-state index < -0.39 is 0 Å². The first-order chi connectivity index (χ1) is 8.70. The van der Waals surface area contributed by atoms with E-state index in [2.05, 4.69) is 47.3 Å². The van der Waals surface area contributed by atoms with E-state index in [1.165, 1.54) is 16.7 Å². The number of hydrogen-bond acceptors (Lipinski definition) is 3. The molecule has 1 N–H and O–H groups in total. The van der Waals surface area contributed by atoms with Gasteiger partial charge in [0.05, 0.1) is 11.7 Å². The molecule has 1 unspecified atom stereocenters. The fourth-order valence-electron chi connectivity index (χ4n) is 2.01. The molecule has 3 nitrogen and oxygen atoms in total. The van der Waals surface area contributed by atoms with Crippen molar-refractivity contribution in [1.82, 2.24) is 15.3 Å². The highest BCUT2D eigenvalue weighted by molar-refractivity contribution is 5.30. The first kappa shape index (κ1) is 12.7. The van der Waals surface area contributed by atoms with Crippen LogP contribution in [0.15, 0.2) is 36.8 Å². The minimum Gasteiger partial charge on any atom is -0.311 e. The second kappa shape index (κ2) is 5.74. The van der Waals surface area contributed by atoms with E-state index in [-0.39, 0.29) is 6.04 Å². The van der Waals surface area contributed by atoms with Gasteiger partial charge in [0, 0.05) is 18.6 Å². The lowest BCUT2D eigenvalue weighted by Gasteiger charge is -2.16. The van der Waals surface area contributed by atoms with Crippen LogP contribution in [0.5, 0.6) is 0 Å². The van der Waals surface area contributed by atoms with Crippen molar-refractivity contribution in [1.29, 1.82) is 0 Å². The fraction of sp³-hybridized carbons (Fsp3) is 0.333. The van der Waals surface area contributed by atoms with E-state index in [1.54, 1.807) is 12.4 Å². The minimum absolute atomic E-state index is 0.209. The third kappa shape index (κ3) is 2.93. The molecule has 1 heterocycles. The molecule has 0 aliphatic heterocycles. The Morgan fingerprint density at radius 2 is 2.00 bits per heavy atom. The van der Waals surface area contributed by atoms with E-state index in [0.717, 1.165) is 12.1 Å². The van der Waals surface area contributed by atoms with Gasteiger partial charge in [-0.2, -0.15) is 0 Å². The predicted molar refractivity (Wildman–Crippen MR) is 73.5 cm³/mol. The van der Waals surface area contributed by atoms with Crippen LogP contribution in [0.2, 0.25) is 0 Å². The maximum absolute atomic E-state index is 4.36. The Morgan fingerprint density at radius 3 is 2.61 bits per heavy atom. The summed E-state index contributed by atoms with van der Waals surface area (Å²) in [4.78, 5) is 8.49. The zero-order chi connectivity index (χ0) is 13.0. The van der Waals surface area contributed by atoms with Gasteiger partial charge in [0.15, 0.2) is 0 Å². The largest absolute Gasteiger partial charge is 0.311 e. The van der Waals surface area contributed by atoms with Crippen molar-refractivity contribution in [3.05, 3.63) is 59.2 Å². The summed E-state index contributed by atoms with van der Waals surface area (Å²) in [6.45, 7) is 4.28. The molecule has 0 aliphatic carbocycles. The molecule has 0 saturated carbocycles. The van der Waals surface area contributed by atoms with Crippen molar-refractivity contribution in [3.8, 4) is 0 Å². The normalized spacial score (nSPS) is 12.4. The molecule has 0 radical (unpaired) electrons. The Hall–Kier alpha value is -1.74. The average Bonchev–Trinajstić information content (AvgIpc) is 2.41. The molecule has 0 saturated heterocycles. The van der Waals surface area contributed by atoms with Gasteiger partial charge < -0.3 is 5.32 Å². The highest BCUT2D eigenvalue weighted by Gasteiger charge is 2.11. The van der Waals surface area contributed by atoms with E-state index in [4.69, 9.17) is 0 Å². The molecule has 2 aromatic rings. The van der Waals surface area contributed by atoms with Crippen LogP contribution in [0.25, 0.3) is 0 Å². The molecule has 0 aliphatic rings. The number of benzene rings is 1. The Bertz CT molecular complexity index is 508. The highest BCUT2D eigenvalue weighted by atomic mass is 14.9. The first-order valence-electron chi connectivity index (χ1n) is 6.20. The molecule has 18 heavy (non-hydrogen) atoms. The minimum atomic E-state index is 0.209. The van der Waals surface area contributed by atoms with Gasteiger partial charge in [0.1, 0.15) is 0 Å². The second-order valence-electron chi connectivity index (χ2n) is 4.59. The fourth-order valence-corrected chi connectivity index (χ4v) is 2.01. The van der Waals surface area contributed by atoms with Gasteiger partial charge in [-0.05, 0) is 44.0 Å². The summed E-state index contributed by atoms with van der Waals surface area (Å²) in [6.07, 6.45) is 6.19. The van der Waals surface area contributed by atoms with Gasteiger partial charge in [-0.1, -0.05) is 18.2 Å². The summed E-state index contributed by atoms with van der Waals surface area (Å²) < 4.78 is 0. The molecule has 1 aromatic heterocycles. The lowest BCUT2D eigenvalue weighted by atomic mass is 9.99. The number of nitrogens with zero attached hydrogens (tertiary/aromatic N) is 2. The van der Waals surface area contributed by atoms with Crippen molar-refractivity contribution in [2.24, 2.45) is 0 Å². The lowest BCUT2D eigenvalue weighted by Crippen LogP contribution is -2.20. The summed E-state index contributed by atoms with van der Waals surface area (Å²) in [5, 5.41) is 3.30. The van der Waals surface area contributed by atoms with Crippen LogP contribution in [0.1, 0.15) is 28.4 Å². The standard InChI is InChI=1S/C15H19N3/c1-11-4-5-13(8-12(11)2)9-14(16-3)15-10-17-6-7-18-15/h4-8,10,14,16H,9H2,1-3H3. The summed E-state index contributed by atoms with van der Waals surface area (Å²) in [5.41, 5.74) is 4.97.